The van der Waals surface area contributed by atoms with Crippen LogP contribution in [0.2, 0.25) is 6.04 Å². The maximum absolute atomic E-state index is 5.91. The zero-order valence-electron chi connectivity index (χ0n) is 16.5. The lowest BCUT2D eigenvalue weighted by Crippen LogP contribution is -2.46. The molecule has 0 aromatic heterocycles. The van der Waals surface area contributed by atoms with Gasteiger partial charge < -0.3 is 22.8 Å². The highest BCUT2D eigenvalue weighted by Gasteiger charge is 2.39. The molecule has 1 aliphatic rings. The van der Waals surface area contributed by atoms with Gasteiger partial charge in [-0.25, -0.2) is 0 Å². The summed E-state index contributed by atoms with van der Waals surface area (Å²) in [5.74, 6) is 0.877. The van der Waals surface area contributed by atoms with Crippen LogP contribution in [-0.4, -0.2) is 41.5 Å². The minimum absolute atomic E-state index is 0.0928. The Bertz CT molecular complexity index is 470. The summed E-state index contributed by atoms with van der Waals surface area (Å²) in [5.41, 5.74) is 1.29. The van der Waals surface area contributed by atoms with Crippen LogP contribution in [0.5, 0.6) is 5.75 Å². The van der Waals surface area contributed by atoms with Crippen LogP contribution in [0.15, 0.2) is 24.3 Å². The monoisotopic (exact) mass is 382 g/mol. The van der Waals surface area contributed by atoms with E-state index in [1.165, 1.54) is 12.0 Å². The van der Waals surface area contributed by atoms with Gasteiger partial charge in [0.15, 0.2) is 6.29 Å². The Kier molecular flexibility index (Phi) is 9.64. The van der Waals surface area contributed by atoms with E-state index < -0.39 is 8.80 Å². The number of hydrogen-bond acceptors (Lipinski definition) is 5. The van der Waals surface area contributed by atoms with Crippen LogP contribution in [0.1, 0.15) is 52.0 Å². The second-order valence-corrected chi connectivity index (χ2v) is 9.13. The maximum Gasteiger partial charge on any atom is 0.500 e. The van der Waals surface area contributed by atoms with Crippen LogP contribution in [0.25, 0.3) is 0 Å². The average Bonchev–Trinajstić information content (AvgIpc) is 2.65. The van der Waals surface area contributed by atoms with Crippen molar-refractivity contribution in [3.05, 3.63) is 29.8 Å². The van der Waals surface area contributed by atoms with Crippen LogP contribution >= 0.6 is 0 Å². The SMILES string of the molecule is CCO[Si](CCCc1ccc(OC2CCCCO2)cc1)(OCC)OCC. The Hall–Kier alpha value is -0.923. The van der Waals surface area contributed by atoms with Gasteiger partial charge in [0, 0.05) is 32.3 Å². The normalized spacial score (nSPS) is 18.0. The van der Waals surface area contributed by atoms with E-state index in [1.807, 2.05) is 32.9 Å². The van der Waals surface area contributed by atoms with Crippen molar-refractivity contribution in [2.24, 2.45) is 0 Å². The van der Waals surface area contributed by atoms with Crippen molar-refractivity contribution in [1.82, 2.24) is 0 Å². The molecule has 0 bridgehead atoms. The molecule has 1 atom stereocenters. The van der Waals surface area contributed by atoms with Crippen molar-refractivity contribution in [3.8, 4) is 5.75 Å². The molecule has 0 saturated carbocycles. The molecule has 1 saturated heterocycles. The molecule has 1 fully saturated rings. The van der Waals surface area contributed by atoms with E-state index in [4.69, 9.17) is 22.8 Å². The second-order valence-electron chi connectivity index (χ2n) is 6.39. The highest BCUT2D eigenvalue weighted by molar-refractivity contribution is 6.60. The Morgan fingerprint density at radius 1 is 0.962 bits per heavy atom. The van der Waals surface area contributed by atoms with Crippen molar-refractivity contribution >= 4 is 8.80 Å². The number of benzene rings is 1. The van der Waals surface area contributed by atoms with Gasteiger partial charge in [-0.15, -0.1) is 0 Å². The smallest absolute Gasteiger partial charge is 0.465 e. The largest absolute Gasteiger partial charge is 0.500 e. The molecule has 1 aromatic carbocycles. The van der Waals surface area contributed by atoms with Crippen molar-refractivity contribution in [1.29, 1.82) is 0 Å². The number of hydrogen-bond donors (Lipinski definition) is 0. The lowest BCUT2D eigenvalue weighted by Gasteiger charge is -2.28. The minimum atomic E-state index is -2.53. The van der Waals surface area contributed by atoms with Crippen molar-refractivity contribution in [3.63, 3.8) is 0 Å². The quantitative estimate of drug-likeness (QED) is 0.495. The highest BCUT2D eigenvalue weighted by atomic mass is 28.4. The van der Waals surface area contributed by atoms with Crippen LogP contribution in [-0.2, 0) is 24.4 Å². The molecule has 1 aromatic rings. The minimum Gasteiger partial charge on any atom is -0.465 e. The highest BCUT2D eigenvalue weighted by Crippen LogP contribution is 2.22. The molecule has 0 amide bonds. The van der Waals surface area contributed by atoms with Gasteiger partial charge in [0.05, 0.1) is 6.61 Å². The summed E-state index contributed by atoms with van der Waals surface area (Å²) in [7, 11) is -2.53. The van der Waals surface area contributed by atoms with E-state index in [0.29, 0.717) is 19.8 Å². The number of aryl methyl sites for hydroxylation is 1. The summed E-state index contributed by atoms with van der Waals surface area (Å²) >= 11 is 0. The third kappa shape index (κ3) is 7.00. The molecular formula is C20H34O5Si. The summed E-state index contributed by atoms with van der Waals surface area (Å²) in [4.78, 5) is 0. The molecule has 26 heavy (non-hydrogen) atoms. The van der Waals surface area contributed by atoms with E-state index in [1.54, 1.807) is 0 Å². The van der Waals surface area contributed by atoms with Crippen molar-refractivity contribution in [2.75, 3.05) is 26.4 Å². The first-order valence-electron chi connectivity index (χ1n) is 10.0. The Balaban J connectivity index is 1.81. The van der Waals surface area contributed by atoms with Crippen LogP contribution < -0.4 is 4.74 Å². The van der Waals surface area contributed by atoms with Gasteiger partial charge in [0.1, 0.15) is 5.75 Å². The molecular weight excluding hydrogens is 348 g/mol. The number of rotatable bonds is 12. The molecule has 148 valence electrons. The molecule has 6 heteroatoms. The third-order valence-corrected chi connectivity index (χ3v) is 7.52. The topological polar surface area (TPSA) is 46.2 Å². The van der Waals surface area contributed by atoms with Crippen LogP contribution in [0.4, 0.5) is 0 Å². The summed E-state index contributed by atoms with van der Waals surface area (Å²) in [5, 5.41) is 0. The summed E-state index contributed by atoms with van der Waals surface area (Å²) in [6, 6.07) is 9.17. The Morgan fingerprint density at radius 3 is 2.15 bits per heavy atom. The molecule has 1 heterocycles. The van der Waals surface area contributed by atoms with Crippen molar-refractivity contribution < 1.29 is 22.8 Å². The molecule has 1 aliphatic heterocycles. The van der Waals surface area contributed by atoms with Gasteiger partial charge in [0.25, 0.3) is 0 Å². The third-order valence-electron chi connectivity index (χ3n) is 4.37. The van der Waals surface area contributed by atoms with E-state index in [2.05, 4.69) is 12.1 Å². The molecule has 5 nitrogen and oxygen atoms in total. The average molecular weight is 383 g/mol. The maximum atomic E-state index is 5.91. The van der Waals surface area contributed by atoms with Crippen LogP contribution in [0.3, 0.4) is 0 Å². The van der Waals surface area contributed by atoms with Gasteiger partial charge in [-0.2, -0.15) is 0 Å². The first-order valence-corrected chi connectivity index (χ1v) is 11.9. The summed E-state index contributed by atoms with van der Waals surface area (Å²) in [6.07, 6.45) is 5.15. The molecule has 1 unspecified atom stereocenters. The zero-order valence-corrected chi connectivity index (χ0v) is 17.5. The van der Waals surface area contributed by atoms with Gasteiger partial charge in [-0.05, 0) is 64.2 Å². The fourth-order valence-electron chi connectivity index (χ4n) is 3.20. The van der Waals surface area contributed by atoms with Gasteiger partial charge in [0.2, 0.25) is 0 Å². The molecule has 0 radical (unpaired) electrons. The lowest BCUT2D eigenvalue weighted by molar-refractivity contribution is -0.105. The predicted octanol–water partition coefficient (Wildman–Crippen LogP) is 4.57. The van der Waals surface area contributed by atoms with E-state index >= 15 is 0 Å². The van der Waals surface area contributed by atoms with Gasteiger partial charge in [-0.1, -0.05) is 12.1 Å². The molecule has 0 N–H and O–H groups in total. The zero-order chi connectivity index (χ0) is 18.7. The van der Waals surface area contributed by atoms with Crippen LogP contribution in [0, 0.1) is 0 Å². The summed E-state index contributed by atoms with van der Waals surface area (Å²) < 4.78 is 29.3. The van der Waals surface area contributed by atoms with Gasteiger partial charge in [-0.3, -0.25) is 0 Å². The predicted molar refractivity (Wildman–Crippen MR) is 104 cm³/mol. The van der Waals surface area contributed by atoms with E-state index in [0.717, 1.165) is 44.1 Å². The lowest BCUT2D eigenvalue weighted by atomic mass is 10.1. The fraction of sp³-hybridized carbons (Fsp3) is 0.700. The Morgan fingerprint density at radius 2 is 1.62 bits per heavy atom. The second kappa shape index (κ2) is 11.7. The van der Waals surface area contributed by atoms with E-state index in [9.17, 15) is 0 Å². The molecule has 0 aliphatic carbocycles. The van der Waals surface area contributed by atoms with E-state index in [-0.39, 0.29) is 6.29 Å². The number of ether oxygens (including phenoxy) is 2. The van der Waals surface area contributed by atoms with Crippen molar-refractivity contribution in [2.45, 2.75) is 65.2 Å². The fourth-order valence-corrected chi connectivity index (χ4v) is 5.81. The summed E-state index contributed by atoms with van der Waals surface area (Å²) in [6.45, 7) is 8.66. The van der Waals surface area contributed by atoms with Gasteiger partial charge >= 0.3 is 8.80 Å². The standard InChI is InChI=1S/C20H34O5Si/c1-4-22-26(23-5-2,24-6-3)17-9-10-18-12-14-19(15-13-18)25-20-11-7-8-16-21-20/h12-15,20H,4-11,16-17H2,1-3H3. The first-order chi connectivity index (χ1) is 12.7. The first kappa shape index (κ1) is 21.4. The molecule has 0 spiro atoms. The Labute approximate surface area is 159 Å². The molecule has 2 rings (SSSR count).